The molecule has 2 aliphatic rings. The first-order valence-electron chi connectivity index (χ1n) is 6.14. The maximum Gasteiger partial charge on any atom is 0.321 e. The Labute approximate surface area is 101 Å². The van der Waals surface area contributed by atoms with Gasteiger partial charge in [0.05, 0.1) is 11.4 Å². The largest absolute Gasteiger partial charge is 0.370 e. The molecule has 1 fully saturated rings. The molecule has 1 aromatic carbocycles. The lowest BCUT2D eigenvalue weighted by molar-refractivity contribution is 0.218. The molecular weight excluding hydrogens is 214 g/mol. The Hall–Kier alpha value is -1.71. The van der Waals surface area contributed by atoms with E-state index in [1.165, 1.54) is 24.1 Å². The molecule has 0 atom stereocenters. The summed E-state index contributed by atoms with van der Waals surface area (Å²) in [4.78, 5) is 15.8. The molecule has 0 spiro atoms. The monoisotopic (exact) mass is 231 g/mol. The topological polar surface area (TPSA) is 35.6 Å². The van der Waals surface area contributed by atoms with Gasteiger partial charge in [-0.1, -0.05) is 12.1 Å². The summed E-state index contributed by atoms with van der Waals surface area (Å²) < 4.78 is 0. The molecule has 0 aromatic heterocycles. The molecule has 17 heavy (non-hydrogen) atoms. The lowest BCUT2D eigenvalue weighted by Gasteiger charge is -2.30. The maximum absolute atomic E-state index is 11.7. The average Bonchev–Trinajstić information content (AvgIpc) is 2.83. The molecule has 0 radical (unpaired) electrons. The van der Waals surface area contributed by atoms with E-state index in [2.05, 4.69) is 28.4 Å². The molecule has 0 saturated carbocycles. The first kappa shape index (κ1) is 10.4. The molecule has 0 aliphatic carbocycles. The van der Waals surface area contributed by atoms with Gasteiger partial charge in [0, 0.05) is 26.7 Å². The van der Waals surface area contributed by atoms with E-state index in [-0.39, 0.29) is 6.03 Å². The van der Waals surface area contributed by atoms with Crippen molar-refractivity contribution in [1.82, 2.24) is 4.90 Å². The van der Waals surface area contributed by atoms with Crippen molar-refractivity contribution >= 4 is 17.4 Å². The fourth-order valence-electron chi connectivity index (χ4n) is 2.61. The fraction of sp³-hybridized carbons (Fsp3) is 0.462. The lowest BCUT2D eigenvalue weighted by Crippen LogP contribution is -2.36. The lowest BCUT2D eigenvalue weighted by atomic mass is 10.1. The first-order chi connectivity index (χ1) is 8.25. The minimum Gasteiger partial charge on any atom is -0.370 e. The van der Waals surface area contributed by atoms with Crippen LogP contribution in [0.25, 0.3) is 0 Å². The zero-order valence-corrected chi connectivity index (χ0v) is 10.1. The van der Waals surface area contributed by atoms with E-state index < -0.39 is 0 Å². The number of rotatable bonds is 1. The summed E-state index contributed by atoms with van der Waals surface area (Å²) in [5, 5.41) is 3.00. The third-order valence-corrected chi connectivity index (χ3v) is 3.56. The number of carbonyl (C=O) groups is 1. The van der Waals surface area contributed by atoms with Crippen LogP contribution in [0.2, 0.25) is 0 Å². The molecule has 0 bridgehead atoms. The number of nitrogens with one attached hydrogen (secondary N) is 1. The zero-order chi connectivity index (χ0) is 11.8. The van der Waals surface area contributed by atoms with Gasteiger partial charge >= 0.3 is 6.03 Å². The molecular formula is C13H17N3O. The average molecular weight is 231 g/mol. The molecule has 3 rings (SSSR count). The van der Waals surface area contributed by atoms with Gasteiger partial charge in [0.2, 0.25) is 0 Å². The number of hydrogen-bond acceptors (Lipinski definition) is 2. The predicted octanol–water partition coefficient (Wildman–Crippen LogP) is 2.26. The van der Waals surface area contributed by atoms with Crippen LogP contribution in [0.4, 0.5) is 16.2 Å². The Balaban J connectivity index is 2.00. The second kappa shape index (κ2) is 3.95. The summed E-state index contributed by atoms with van der Waals surface area (Å²) in [6.45, 7) is 2.90. The highest BCUT2D eigenvalue weighted by Crippen LogP contribution is 2.34. The Kier molecular flexibility index (Phi) is 2.42. The minimum atomic E-state index is -0.0100. The van der Waals surface area contributed by atoms with Crippen LogP contribution in [0.15, 0.2) is 18.2 Å². The summed E-state index contributed by atoms with van der Waals surface area (Å²) in [5.41, 5.74) is 3.40. The Morgan fingerprint density at radius 1 is 1.24 bits per heavy atom. The van der Waals surface area contributed by atoms with Gasteiger partial charge in [-0.05, 0) is 24.5 Å². The molecule has 2 aliphatic heterocycles. The van der Waals surface area contributed by atoms with E-state index >= 15 is 0 Å². The second-order valence-corrected chi connectivity index (χ2v) is 4.79. The van der Waals surface area contributed by atoms with Crippen molar-refractivity contribution in [3.8, 4) is 0 Å². The quantitative estimate of drug-likeness (QED) is 0.804. The van der Waals surface area contributed by atoms with Gasteiger partial charge in [0.15, 0.2) is 0 Å². The van der Waals surface area contributed by atoms with E-state index in [9.17, 15) is 4.79 Å². The van der Waals surface area contributed by atoms with Crippen molar-refractivity contribution in [3.63, 3.8) is 0 Å². The van der Waals surface area contributed by atoms with Crippen LogP contribution in [0, 0.1) is 0 Å². The number of fused-ring (bicyclic) bond motifs is 1. The van der Waals surface area contributed by atoms with Gasteiger partial charge in [-0.25, -0.2) is 4.79 Å². The summed E-state index contributed by atoms with van der Waals surface area (Å²) >= 11 is 0. The number of hydrogen-bond donors (Lipinski definition) is 1. The predicted molar refractivity (Wildman–Crippen MR) is 68.4 cm³/mol. The molecule has 2 amide bonds. The van der Waals surface area contributed by atoms with Crippen molar-refractivity contribution < 1.29 is 4.79 Å². The third kappa shape index (κ3) is 1.73. The summed E-state index contributed by atoms with van der Waals surface area (Å²) in [7, 11) is 1.82. The highest BCUT2D eigenvalue weighted by molar-refractivity contribution is 5.96. The smallest absolute Gasteiger partial charge is 0.321 e. The van der Waals surface area contributed by atoms with E-state index in [0.29, 0.717) is 6.54 Å². The van der Waals surface area contributed by atoms with Crippen molar-refractivity contribution in [1.29, 1.82) is 0 Å². The van der Waals surface area contributed by atoms with E-state index in [0.717, 1.165) is 18.8 Å². The number of para-hydroxylation sites is 1. The van der Waals surface area contributed by atoms with Crippen LogP contribution < -0.4 is 10.2 Å². The number of amides is 2. The SMILES string of the molecule is CN1Cc2cccc(N3CCCC3)c2NC1=O. The van der Waals surface area contributed by atoms with Crippen LogP contribution in [0.1, 0.15) is 18.4 Å². The molecule has 4 nitrogen and oxygen atoms in total. The Bertz CT molecular complexity index is 452. The fourth-order valence-corrected chi connectivity index (χ4v) is 2.61. The van der Waals surface area contributed by atoms with Gasteiger partial charge in [0.25, 0.3) is 0 Å². The van der Waals surface area contributed by atoms with E-state index in [4.69, 9.17) is 0 Å². The van der Waals surface area contributed by atoms with Crippen LogP contribution in [-0.2, 0) is 6.54 Å². The van der Waals surface area contributed by atoms with E-state index in [1.807, 2.05) is 7.05 Å². The van der Waals surface area contributed by atoms with Crippen molar-refractivity contribution in [3.05, 3.63) is 23.8 Å². The Morgan fingerprint density at radius 2 is 2.00 bits per heavy atom. The summed E-state index contributed by atoms with van der Waals surface area (Å²) in [6, 6.07) is 6.27. The van der Waals surface area contributed by atoms with Gasteiger partial charge < -0.3 is 15.1 Å². The van der Waals surface area contributed by atoms with Crippen molar-refractivity contribution in [2.45, 2.75) is 19.4 Å². The number of nitrogens with zero attached hydrogens (tertiary/aromatic N) is 2. The molecule has 90 valence electrons. The maximum atomic E-state index is 11.7. The van der Waals surface area contributed by atoms with Crippen molar-refractivity contribution in [2.24, 2.45) is 0 Å². The van der Waals surface area contributed by atoms with Crippen LogP contribution in [0.3, 0.4) is 0 Å². The summed E-state index contributed by atoms with van der Waals surface area (Å²) in [5.74, 6) is 0. The van der Waals surface area contributed by atoms with Gasteiger partial charge in [-0.2, -0.15) is 0 Å². The normalized spacial score (nSPS) is 19.2. The standard InChI is InChI=1S/C13H17N3O/c1-15-9-10-5-4-6-11(12(10)14-13(15)17)16-7-2-3-8-16/h4-6H,2-3,7-9H2,1H3,(H,14,17). The highest BCUT2D eigenvalue weighted by atomic mass is 16.2. The van der Waals surface area contributed by atoms with Gasteiger partial charge in [-0.3, -0.25) is 0 Å². The first-order valence-corrected chi connectivity index (χ1v) is 6.14. The third-order valence-electron chi connectivity index (χ3n) is 3.56. The highest BCUT2D eigenvalue weighted by Gasteiger charge is 2.24. The van der Waals surface area contributed by atoms with Crippen molar-refractivity contribution in [2.75, 3.05) is 30.4 Å². The summed E-state index contributed by atoms with van der Waals surface area (Å²) in [6.07, 6.45) is 2.50. The second-order valence-electron chi connectivity index (χ2n) is 4.79. The molecule has 1 saturated heterocycles. The molecule has 2 heterocycles. The van der Waals surface area contributed by atoms with Crippen LogP contribution in [0.5, 0.6) is 0 Å². The Morgan fingerprint density at radius 3 is 2.76 bits per heavy atom. The number of carbonyl (C=O) groups excluding carboxylic acids is 1. The van der Waals surface area contributed by atoms with Crippen LogP contribution >= 0.6 is 0 Å². The molecule has 1 aromatic rings. The zero-order valence-electron chi connectivity index (χ0n) is 10.1. The molecule has 1 N–H and O–H groups in total. The van der Waals surface area contributed by atoms with Gasteiger partial charge in [0.1, 0.15) is 0 Å². The van der Waals surface area contributed by atoms with Crippen LogP contribution in [-0.4, -0.2) is 31.1 Å². The minimum absolute atomic E-state index is 0.0100. The number of benzene rings is 1. The molecule has 4 heteroatoms. The molecule has 0 unspecified atom stereocenters. The van der Waals surface area contributed by atoms with E-state index in [1.54, 1.807) is 4.90 Å². The number of urea groups is 1. The van der Waals surface area contributed by atoms with Gasteiger partial charge in [-0.15, -0.1) is 0 Å². The number of anilines is 2.